The molecule has 1 saturated heterocycles. The molecule has 1 aliphatic heterocycles. The van der Waals surface area contributed by atoms with Gasteiger partial charge < -0.3 is 11.1 Å². The third-order valence-corrected chi connectivity index (χ3v) is 4.91. The number of amides is 1. The van der Waals surface area contributed by atoms with E-state index in [9.17, 15) is 4.79 Å². The van der Waals surface area contributed by atoms with Crippen molar-refractivity contribution in [2.24, 2.45) is 11.1 Å². The molecule has 1 fully saturated rings. The molecular weight excluding hydrogens is 274 g/mol. The Kier molecular flexibility index (Phi) is 4.93. The number of anilines is 1. The Labute approximate surface area is 134 Å². The minimum absolute atomic E-state index is 0.0482. The molecule has 1 aliphatic rings. The van der Waals surface area contributed by atoms with Crippen molar-refractivity contribution in [1.82, 2.24) is 4.90 Å². The molecule has 2 atom stereocenters. The van der Waals surface area contributed by atoms with Crippen molar-refractivity contribution in [3.63, 3.8) is 0 Å². The van der Waals surface area contributed by atoms with E-state index >= 15 is 0 Å². The molecule has 0 spiro atoms. The van der Waals surface area contributed by atoms with E-state index in [4.69, 9.17) is 5.73 Å². The Morgan fingerprint density at radius 2 is 2.09 bits per heavy atom. The number of nitrogens with two attached hydrogens (primary N) is 1. The summed E-state index contributed by atoms with van der Waals surface area (Å²) in [6.07, 6.45) is 0.939. The highest BCUT2D eigenvalue weighted by atomic mass is 16.2. The Bertz CT molecular complexity index is 553. The highest BCUT2D eigenvalue weighted by molar-refractivity contribution is 5.95. The fraction of sp³-hybridized carbons (Fsp3) is 0.611. The van der Waals surface area contributed by atoms with Gasteiger partial charge in [-0.2, -0.15) is 0 Å². The molecule has 22 heavy (non-hydrogen) atoms. The van der Waals surface area contributed by atoms with Crippen LogP contribution >= 0.6 is 0 Å². The van der Waals surface area contributed by atoms with Gasteiger partial charge in [-0.05, 0) is 44.2 Å². The molecule has 1 aromatic carbocycles. The van der Waals surface area contributed by atoms with Gasteiger partial charge in [-0.1, -0.05) is 31.5 Å². The fourth-order valence-corrected chi connectivity index (χ4v) is 3.10. The predicted molar refractivity (Wildman–Crippen MR) is 92.0 cm³/mol. The van der Waals surface area contributed by atoms with Crippen LogP contribution in [-0.2, 0) is 4.79 Å². The molecule has 4 heteroatoms. The Hall–Kier alpha value is -1.39. The van der Waals surface area contributed by atoms with Crippen molar-refractivity contribution < 1.29 is 4.79 Å². The SMILES string of the molecule is Cc1ccc(NC(=O)C(C)N2CCC(N)C(C)(C)C2)c(C)c1. The van der Waals surface area contributed by atoms with Gasteiger partial charge in [0.2, 0.25) is 5.91 Å². The summed E-state index contributed by atoms with van der Waals surface area (Å²) in [5.74, 6) is 0.0539. The van der Waals surface area contributed by atoms with Crippen molar-refractivity contribution >= 4 is 11.6 Å². The quantitative estimate of drug-likeness (QED) is 0.902. The summed E-state index contributed by atoms with van der Waals surface area (Å²) >= 11 is 0. The molecule has 1 heterocycles. The van der Waals surface area contributed by atoms with Crippen LogP contribution in [0.25, 0.3) is 0 Å². The van der Waals surface area contributed by atoms with Gasteiger partial charge in [0.05, 0.1) is 6.04 Å². The van der Waals surface area contributed by atoms with Crippen LogP contribution in [-0.4, -0.2) is 36.0 Å². The molecule has 4 nitrogen and oxygen atoms in total. The van der Waals surface area contributed by atoms with Crippen molar-refractivity contribution in [1.29, 1.82) is 0 Å². The molecule has 122 valence electrons. The second-order valence-corrected chi connectivity index (χ2v) is 7.34. The highest BCUT2D eigenvalue weighted by Gasteiger charge is 2.36. The number of hydrogen-bond acceptors (Lipinski definition) is 3. The number of nitrogens with one attached hydrogen (secondary N) is 1. The lowest BCUT2D eigenvalue weighted by Crippen LogP contribution is -2.56. The van der Waals surface area contributed by atoms with Gasteiger partial charge in [-0.25, -0.2) is 0 Å². The molecule has 0 aliphatic carbocycles. The Balaban J connectivity index is 2.03. The molecule has 0 saturated carbocycles. The first-order chi connectivity index (χ1) is 10.2. The second kappa shape index (κ2) is 6.39. The van der Waals surface area contributed by atoms with E-state index in [1.165, 1.54) is 5.56 Å². The first kappa shape index (κ1) is 17.0. The maximum Gasteiger partial charge on any atom is 0.241 e. The molecule has 0 bridgehead atoms. The molecule has 2 rings (SSSR count). The molecule has 2 unspecified atom stereocenters. The van der Waals surface area contributed by atoms with Crippen molar-refractivity contribution in [2.45, 2.75) is 53.1 Å². The zero-order valence-corrected chi connectivity index (χ0v) is 14.4. The fourth-order valence-electron chi connectivity index (χ4n) is 3.10. The van der Waals surface area contributed by atoms with Crippen LogP contribution in [0.4, 0.5) is 5.69 Å². The topological polar surface area (TPSA) is 58.4 Å². The van der Waals surface area contributed by atoms with Crippen LogP contribution in [0.1, 0.15) is 38.3 Å². The number of carbonyl (C=O) groups is 1. The molecule has 1 amide bonds. The molecule has 1 aromatic rings. The minimum atomic E-state index is -0.146. The van der Waals surface area contributed by atoms with Crippen LogP contribution in [0.3, 0.4) is 0 Å². The molecule has 0 aromatic heterocycles. The smallest absolute Gasteiger partial charge is 0.241 e. The standard InChI is InChI=1S/C18H29N3O/c1-12-6-7-15(13(2)10-12)20-17(22)14(3)21-9-8-16(19)18(4,5)11-21/h6-7,10,14,16H,8-9,11,19H2,1-5H3,(H,20,22). The highest BCUT2D eigenvalue weighted by Crippen LogP contribution is 2.29. The average Bonchev–Trinajstić information content (AvgIpc) is 2.44. The number of hydrogen-bond donors (Lipinski definition) is 2. The number of carbonyl (C=O) groups excluding carboxylic acids is 1. The summed E-state index contributed by atoms with van der Waals surface area (Å²) in [7, 11) is 0. The van der Waals surface area contributed by atoms with Gasteiger partial charge in [0.25, 0.3) is 0 Å². The second-order valence-electron chi connectivity index (χ2n) is 7.34. The van der Waals surface area contributed by atoms with E-state index in [-0.39, 0.29) is 23.4 Å². The lowest BCUT2D eigenvalue weighted by atomic mass is 9.79. The minimum Gasteiger partial charge on any atom is -0.327 e. The number of likely N-dealkylation sites (tertiary alicyclic amines) is 1. The van der Waals surface area contributed by atoms with Gasteiger partial charge in [-0.3, -0.25) is 9.69 Å². The summed E-state index contributed by atoms with van der Waals surface area (Å²) in [4.78, 5) is 14.8. The lowest BCUT2D eigenvalue weighted by Gasteiger charge is -2.44. The van der Waals surface area contributed by atoms with E-state index < -0.39 is 0 Å². The summed E-state index contributed by atoms with van der Waals surface area (Å²) in [6.45, 7) is 12.2. The van der Waals surface area contributed by atoms with Gasteiger partial charge in [0, 0.05) is 24.8 Å². The monoisotopic (exact) mass is 303 g/mol. The van der Waals surface area contributed by atoms with Crippen LogP contribution < -0.4 is 11.1 Å². The number of nitrogens with zero attached hydrogens (tertiary/aromatic N) is 1. The first-order valence-corrected chi connectivity index (χ1v) is 8.08. The number of piperidine rings is 1. The van der Waals surface area contributed by atoms with Crippen LogP contribution in [0, 0.1) is 19.3 Å². The Morgan fingerprint density at radius 1 is 1.41 bits per heavy atom. The summed E-state index contributed by atoms with van der Waals surface area (Å²) in [5.41, 5.74) is 9.43. The average molecular weight is 303 g/mol. The van der Waals surface area contributed by atoms with Gasteiger partial charge in [0.15, 0.2) is 0 Å². The third kappa shape index (κ3) is 3.68. The van der Waals surface area contributed by atoms with Crippen molar-refractivity contribution in [3.05, 3.63) is 29.3 Å². The molecular formula is C18H29N3O. The van der Waals surface area contributed by atoms with E-state index in [0.717, 1.165) is 30.8 Å². The maximum absolute atomic E-state index is 12.6. The number of aryl methyl sites for hydroxylation is 2. The van der Waals surface area contributed by atoms with E-state index in [2.05, 4.69) is 37.1 Å². The lowest BCUT2D eigenvalue weighted by molar-refractivity contribution is -0.122. The predicted octanol–water partition coefficient (Wildman–Crippen LogP) is 2.69. The molecule has 0 radical (unpaired) electrons. The first-order valence-electron chi connectivity index (χ1n) is 8.08. The van der Waals surface area contributed by atoms with E-state index in [0.29, 0.717) is 0 Å². The zero-order valence-electron chi connectivity index (χ0n) is 14.4. The third-order valence-electron chi connectivity index (χ3n) is 4.91. The largest absolute Gasteiger partial charge is 0.327 e. The Morgan fingerprint density at radius 3 is 2.68 bits per heavy atom. The van der Waals surface area contributed by atoms with Crippen LogP contribution in [0.5, 0.6) is 0 Å². The summed E-state index contributed by atoms with van der Waals surface area (Å²) < 4.78 is 0. The van der Waals surface area contributed by atoms with E-state index in [1.807, 2.05) is 26.0 Å². The van der Waals surface area contributed by atoms with Crippen molar-refractivity contribution in [3.8, 4) is 0 Å². The zero-order chi connectivity index (χ0) is 16.5. The van der Waals surface area contributed by atoms with Crippen molar-refractivity contribution in [2.75, 3.05) is 18.4 Å². The van der Waals surface area contributed by atoms with Crippen LogP contribution in [0.15, 0.2) is 18.2 Å². The normalized spacial score (nSPS) is 23.1. The van der Waals surface area contributed by atoms with Gasteiger partial charge in [-0.15, -0.1) is 0 Å². The van der Waals surface area contributed by atoms with Crippen LogP contribution in [0.2, 0.25) is 0 Å². The summed E-state index contributed by atoms with van der Waals surface area (Å²) in [5, 5.41) is 3.06. The van der Waals surface area contributed by atoms with Gasteiger partial charge >= 0.3 is 0 Å². The number of rotatable bonds is 3. The van der Waals surface area contributed by atoms with E-state index in [1.54, 1.807) is 0 Å². The van der Waals surface area contributed by atoms with Gasteiger partial charge in [0.1, 0.15) is 0 Å². The number of benzene rings is 1. The maximum atomic E-state index is 12.6. The summed E-state index contributed by atoms with van der Waals surface area (Å²) in [6, 6.07) is 6.15. The molecule has 3 N–H and O–H groups in total.